The van der Waals surface area contributed by atoms with E-state index in [1.165, 1.54) is 4.90 Å². The third kappa shape index (κ3) is 2.05. The third-order valence-electron chi connectivity index (χ3n) is 4.96. The Morgan fingerprint density at radius 1 is 1.50 bits per heavy atom. The summed E-state index contributed by atoms with van der Waals surface area (Å²) in [5.74, 6) is 1.36. The Hall–Kier alpha value is -1.23. The molecular formula is C17H22ClNO3. The Labute approximate surface area is 141 Å². The molecule has 2 heterocycles. The number of aliphatic hydroxyl groups excluding tert-OH is 1. The molecule has 4 nitrogen and oxygen atoms in total. The van der Waals surface area contributed by atoms with Crippen LogP contribution in [0.25, 0.3) is 0 Å². The molecule has 4 rings (SSSR count). The van der Waals surface area contributed by atoms with Gasteiger partial charge < -0.3 is 19.5 Å². The average Bonchev–Trinajstić information content (AvgIpc) is 2.74. The standard InChI is InChI=1S/C17H21NO3.ClH/c1-18-8-7-17-6-5-12(19)9-14(17)21-16-13(20-2)4-3-11(10-18)15(16)17;/h3-6,12,14,19H,7-10H2,1-2H3;1H/t12-,14-,17-;/m0./s1/i1D3;. The third-order valence-corrected chi connectivity index (χ3v) is 4.96. The van der Waals surface area contributed by atoms with Gasteiger partial charge >= 0.3 is 0 Å². The summed E-state index contributed by atoms with van der Waals surface area (Å²) >= 11 is 0. The van der Waals surface area contributed by atoms with Gasteiger partial charge in [0.05, 0.1) is 18.6 Å². The van der Waals surface area contributed by atoms with Crippen molar-refractivity contribution < 1.29 is 18.7 Å². The molecule has 5 heteroatoms. The highest BCUT2D eigenvalue weighted by Crippen LogP contribution is 2.55. The number of hydrogen-bond donors (Lipinski definition) is 1. The summed E-state index contributed by atoms with van der Waals surface area (Å²) in [6.07, 6.45) is 4.24. The van der Waals surface area contributed by atoms with Crippen molar-refractivity contribution in [1.29, 1.82) is 0 Å². The fraction of sp³-hybridized carbons (Fsp3) is 0.529. The molecule has 0 aromatic heterocycles. The lowest BCUT2D eigenvalue weighted by atomic mass is 9.69. The first-order chi connectivity index (χ1) is 11.3. The Kier molecular flexibility index (Phi) is 3.02. The zero-order valence-electron chi connectivity index (χ0n) is 15.4. The van der Waals surface area contributed by atoms with Gasteiger partial charge in [-0.3, -0.25) is 0 Å². The molecule has 0 bridgehead atoms. The lowest BCUT2D eigenvalue weighted by Gasteiger charge is -2.35. The summed E-state index contributed by atoms with van der Waals surface area (Å²) in [6.45, 7) is -1.32. The summed E-state index contributed by atoms with van der Waals surface area (Å²) < 4.78 is 35.0. The van der Waals surface area contributed by atoms with Crippen LogP contribution in [0.5, 0.6) is 11.5 Å². The SMILES string of the molecule is Cl.[2H]C([2H])([2H])N1CC[C@@]23C=C[C@H](O)C[C@@H]2Oc2c(OC)ccc(c23)C1. The molecule has 22 heavy (non-hydrogen) atoms. The van der Waals surface area contributed by atoms with Crippen molar-refractivity contribution in [3.63, 3.8) is 0 Å². The molecule has 1 spiro atoms. The lowest BCUT2D eigenvalue weighted by Crippen LogP contribution is -2.42. The lowest BCUT2D eigenvalue weighted by molar-refractivity contribution is 0.0821. The van der Waals surface area contributed by atoms with E-state index in [1.54, 1.807) is 7.11 Å². The van der Waals surface area contributed by atoms with E-state index in [0.29, 0.717) is 37.4 Å². The van der Waals surface area contributed by atoms with E-state index in [0.717, 1.165) is 11.1 Å². The Morgan fingerprint density at radius 2 is 2.36 bits per heavy atom. The number of hydrogen-bond acceptors (Lipinski definition) is 4. The Bertz CT molecular complexity index is 709. The normalized spacial score (nSPS) is 34.9. The minimum Gasteiger partial charge on any atom is -0.493 e. The van der Waals surface area contributed by atoms with E-state index in [4.69, 9.17) is 13.6 Å². The molecule has 3 aliphatic rings. The molecular weight excluding hydrogens is 302 g/mol. The van der Waals surface area contributed by atoms with Gasteiger partial charge in [0.25, 0.3) is 0 Å². The zero-order valence-corrected chi connectivity index (χ0v) is 13.2. The molecule has 1 N–H and O–H groups in total. The number of nitrogens with zero attached hydrogens (tertiary/aromatic N) is 1. The van der Waals surface area contributed by atoms with Crippen molar-refractivity contribution in [2.75, 3.05) is 20.6 Å². The highest BCUT2D eigenvalue weighted by Gasteiger charge is 2.52. The number of benzene rings is 1. The van der Waals surface area contributed by atoms with Gasteiger partial charge in [-0.1, -0.05) is 18.2 Å². The van der Waals surface area contributed by atoms with Crippen LogP contribution in [-0.4, -0.2) is 42.8 Å². The van der Waals surface area contributed by atoms with E-state index >= 15 is 0 Å². The molecule has 1 aliphatic carbocycles. The average molecular weight is 327 g/mol. The summed E-state index contributed by atoms with van der Waals surface area (Å²) in [7, 11) is 1.60. The largest absolute Gasteiger partial charge is 0.493 e. The van der Waals surface area contributed by atoms with Crippen LogP contribution in [0.2, 0.25) is 0 Å². The monoisotopic (exact) mass is 326 g/mol. The van der Waals surface area contributed by atoms with Crippen LogP contribution in [0.15, 0.2) is 24.3 Å². The van der Waals surface area contributed by atoms with Crippen LogP contribution >= 0.6 is 12.4 Å². The van der Waals surface area contributed by atoms with Crippen molar-refractivity contribution in [3.8, 4) is 11.5 Å². The van der Waals surface area contributed by atoms with E-state index < -0.39 is 18.5 Å². The quantitative estimate of drug-likeness (QED) is 0.804. The highest BCUT2D eigenvalue weighted by molar-refractivity contribution is 5.85. The second-order valence-electron chi connectivity index (χ2n) is 6.11. The van der Waals surface area contributed by atoms with Crippen LogP contribution in [0.4, 0.5) is 0 Å². The first-order valence-corrected chi connectivity index (χ1v) is 7.34. The Morgan fingerprint density at radius 3 is 3.14 bits per heavy atom. The summed E-state index contributed by atoms with van der Waals surface area (Å²) in [4.78, 5) is 1.54. The summed E-state index contributed by atoms with van der Waals surface area (Å²) in [6, 6.07) is 3.77. The van der Waals surface area contributed by atoms with Crippen molar-refractivity contribution in [1.82, 2.24) is 4.90 Å². The smallest absolute Gasteiger partial charge is 0.166 e. The first kappa shape index (κ1) is 12.2. The number of halogens is 1. The molecule has 1 aromatic rings. The molecule has 0 amide bonds. The van der Waals surface area contributed by atoms with Crippen LogP contribution in [0.1, 0.15) is 28.1 Å². The fourth-order valence-electron chi connectivity index (χ4n) is 3.94. The van der Waals surface area contributed by atoms with Gasteiger partial charge in [-0.25, -0.2) is 0 Å². The predicted molar refractivity (Wildman–Crippen MR) is 87.1 cm³/mol. The first-order valence-electron chi connectivity index (χ1n) is 8.84. The van der Waals surface area contributed by atoms with Crippen LogP contribution in [-0.2, 0) is 12.0 Å². The minimum atomic E-state index is -2.13. The van der Waals surface area contributed by atoms with E-state index in [9.17, 15) is 5.11 Å². The van der Waals surface area contributed by atoms with E-state index in [-0.39, 0.29) is 18.5 Å². The predicted octanol–water partition coefficient (Wildman–Crippen LogP) is 2.27. The van der Waals surface area contributed by atoms with Gasteiger partial charge in [0.2, 0.25) is 0 Å². The zero-order chi connectivity index (χ0) is 17.1. The van der Waals surface area contributed by atoms with Crippen molar-refractivity contribution in [2.45, 2.75) is 37.0 Å². The van der Waals surface area contributed by atoms with Gasteiger partial charge in [0.15, 0.2) is 11.5 Å². The topological polar surface area (TPSA) is 41.9 Å². The van der Waals surface area contributed by atoms with Gasteiger partial charge in [-0.2, -0.15) is 0 Å². The molecule has 1 aromatic carbocycles. The molecule has 0 saturated heterocycles. The van der Waals surface area contributed by atoms with Crippen molar-refractivity contribution in [3.05, 3.63) is 35.4 Å². The molecule has 0 saturated carbocycles. The maximum absolute atomic E-state index is 10.0. The van der Waals surface area contributed by atoms with E-state index in [1.807, 2.05) is 24.3 Å². The highest BCUT2D eigenvalue weighted by atomic mass is 35.5. The van der Waals surface area contributed by atoms with E-state index in [2.05, 4.69) is 0 Å². The molecule has 0 unspecified atom stereocenters. The number of ether oxygens (including phenoxy) is 2. The summed E-state index contributed by atoms with van der Waals surface area (Å²) in [5, 5.41) is 10.0. The van der Waals surface area contributed by atoms with Crippen LogP contribution in [0, 0.1) is 0 Å². The second-order valence-corrected chi connectivity index (χ2v) is 6.11. The van der Waals surface area contributed by atoms with Crippen LogP contribution in [0.3, 0.4) is 0 Å². The molecule has 0 fully saturated rings. The molecule has 0 radical (unpaired) electrons. The van der Waals surface area contributed by atoms with Crippen molar-refractivity contribution in [2.24, 2.45) is 0 Å². The number of methoxy groups -OCH3 is 1. The van der Waals surface area contributed by atoms with Gasteiger partial charge in [-0.15, -0.1) is 12.4 Å². The molecule has 3 atom stereocenters. The molecule has 2 aliphatic heterocycles. The van der Waals surface area contributed by atoms with Gasteiger partial charge in [0.1, 0.15) is 6.10 Å². The number of rotatable bonds is 1. The maximum atomic E-state index is 10.0. The van der Waals surface area contributed by atoms with Gasteiger partial charge in [-0.05, 0) is 31.6 Å². The molecule has 120 valence electrons. The maximum Gasteiger partial charge on any atom is 0.166 e. The number of aliphatic hydroxyl groups is 1. The minimum absolute atomic E-state index is 0. The summed E-state index contributed by atoms with van der Waals surface area (Å²) in [5.41, 5.74) is 1.60. The second kappa shape index (κ2) is 5.44. The van der Waals surface area contributed by atoms with Crippen LogP contribution < -0.4 is 9.47 Å². The van der Waals surface area contributed by atoms with Crippen molar-refractivity contribution >= 4 is 12.4 Å². The van der Waals surface area contributed by atoms with Gasteiger partial charge in [0, 0.05) is 22.6 Å². The fourth-order valence-corrected chi connectivity index (χ4v) is 3.94. The Balaban J connectivity index is 0.00000182.